The van der Waals surface area contributed by atoms with Crippen molar-refractivity contribution in [1.82, 2.24) is 20.2 Å². The Bertz CT molecular complexity index is 1810. The van der Waals surface area contributed by atoms with E-state index in [1.807, 2.05) is 7.05 Å². The van der Waals surface area contributed by atoms with Crippen molar-refractivity contribution in [1.29, 1.82) is 0 Å². The van der Waals surface area contributed by atoms with Crippen molar-refractivity contribution in [3.05, 3.63) is 83.5 Å². The van der Waals surface area contributed by atoms with E-state index in [2.05, 4.69) is 42.2 Å². The first-order valence-corrected chi connectivity index (χ1v) is 15.4. The fourth-order valence-corrected chi connectivity index (χ4v) is 5.43. The molecular weight excluding hydrogens is 644 g/mol. The minimum Gasteiger partial charge on any atom is -0.352 e. The maximum absolute atomic E-state index is 14.1. The molecule has 2 aromatic heterocycles. The van der Waals surface area contributed by atoms with Gasteiger partial charge in [0.1, 0.15) is 17.7 Å². The fourth-order valence-electron chi connectivity index (χ4n) is 5.43. The van der Waals surface area contributed by atoms with Crippen molar-refractivity contribution in [2.45, 2.75) is 26.1 Å². The summed E-state index contributed by atoms with van der Waals surface area (Å²) in [5.41, 5.74) is 0.126. The van der Waals surface area contributed by atoms with E-state index in [0.717, 1.165) is 36.2 Å². The molecule has 0 spiro atoms. The van der Waals surface area contributed by atoms with Gasteiger partial charge in [-0.3, -0.25) is 19.4 Å². The first-order chi connectivity index (χ1) is 23.3. The Labute approximate surface area is 280 Å². The molecule has 0 aliphatic carbocycles. The van der Waals surface area contributed by atoms with Gasteiger partial charge in [-0.05, 0) is 69.4 Å². The lowest BCUT2D eigenvalue weighted by atomic mass is 10.1. The molecule has 3 aromatic rings. The monoisotopic (exact) mass is 678 g/mol. The van der Waals surface area contributed by atoms with Crippen LogP contribution in [0.15, 0.2) is 60.8 Å². The second-order valence-electron chi connectivity index (χ2n) is 11.5. The molecule has 2 saturated heterocycles. The Morgan fingerprint density at radius 2 is 1.84 bits per heavy atom. The van der Waals surface area contributed by atoms with Gasteiger partial charge in [0.15, 0.2) is 5.82 Å². The Hall–Kier alpha value is -5.49. The van der Waals surface area contributed by atoms with Crippen LogP contribution in [0.1, 0.15) is 23.7 Å². The van der Waals surface area contributed by atoms with Crippen LogP contribution in [-0.2, 0) is 15.8 Å². The number of allylic oxidation sites excluding steroid dienone is 1. The number of nitrogens with one attached hydrogen (secondary N) is 2. The van der Waals surface area contributed by atoms with Crippen molar-refractivity contribution in [3.8, 4) is 11.8 Å². The SMILES string of the molecule is CC=CC(=O)Nc1cc(C#CCN(C(=O)[C@@H]2CNC(=O)N2c2cc(C(F)(F)F)cc(C)n2)c2ccc(F)cc2)cnc1N1CCN(C)CC1. The first-order valence-electron chi connectivity index (χ1n) is 15.4. The van der Waals surface area contributed by atoms with Crippen LogP contribution in [0.4, 0.5) is 45.4 Å². The summed E-state index contributed by atoms with van der Waals surface area (Å²) in [4.78, 5) is 54.5. The van der Waals surface area contributed by atoms with Crippen molar-refractivity contribution in [2.24, 2.45) is 0 Å². The van der Waals surface area contributed by atoms with E-state index in [9.17, 15) is 31.9 Å². The molecule has 256 valence electrons. The predicted octanol–water partition coefficient (Wildman–Crippen LogP) is 4.19. The molecule has 4 amide bonds. The number of amides is 4. The number of nitrogens with zero attached hydrogens (tertiary/aromatic N) is 6. The number of rotatable bonds is 7. The number of anilines is 4. The molecule has 0 bridgehead atoms. The van der Waals surface area contributed by atoms with Gasteiger partial charge < -0.3 is 20.4 Å². The van der Waals surface area contributed by atoms with Crippen LogP contribution in [0.2, 0.25) is 0 Å². The van der Waals surface area contributed by atoms with Crippen LogP contribution in [0.5, 0.6) is 0 Å². The minimum absolute atomic E-state index is 0.00510. The highest BCUT2D eigenvalue weighted by atomic mass is 19.4. The average Bonchev–Trinajstić information content (AvgIpc) is 3.44. The molecule has 4 heterocycles. The molecule has 2 N–H and O–H groups in total. The van der Waals surface area contributed by atoms with Crippen molar-refractivity contribution < 1.29 is 31.9 Å². The number of hydrogen-bond acceptors (Lipinski definition) is 7. The van der Waals surface area contributed by atoms with Crippen molar-refractivity contribution in [3.63, 3.8) is 0 Å². The maximum atomic E-state index is 14.1. The highest BCUT2D eigenvalue weighted by Crippen LogP contribution is 2.33. The lowest BCUT2D eigenvalue weighted by Gasteiger charge is -2.34. The summed E-state index contributed by atoms with van der Waals surface area (Å²) in [5.74, 6) is 4.56. The van der Waals surface area contributed by atoms with E-state index in [1.165, 1.54) is 30.0 Å². The van der Waals surface area contributed by atoms with Crippen LogP contribution in [0.25, 0.3) is 0 Å². The number of carbonyl (C=O) groups is 3. The minimum atomic E-state index is -4.71. The van der Waals surface area contributed by atoms with Crippen LogP contribution < -0.4 is 25.3 Å². The molecule has 2 aliphatic heterocycles. The number of alkyl halides is 3. The summed E-state index contributed by atoms with van der Waals surface area (Å²) in [6, 6.07) is 6.18. The van der Waals surface area contributed by atoms with Gasteiger partial charge in [-0.25, -0.2) is 19.2 Å². The van der Waals surface area contributed by atoms with Gasteiger partial charge >= 0.3 is 12.2 Å². The Balaban J connectivity index is 1.45. The molecule has 2 fully saturated rings. The second-order valence-corrected chi connectivity index (χ2v) is 11.5. The quantitative estimate of drug-likeness (QED) is 0.219. The van der Waals surface area contributed by atoms with Gasteiger partial charge in [-0.15, -0.1) is 0 Å². The van der Waals surface area contributed by atoms with Crippen LogP contribution >= 0.6 is 0 Å². The fraction of sp³-hybridized carbons (Fsp3) is 0.324. The van der Waals surface area contributed by atoms with Crippen LogP contribution in [0, 0.1) is 24.6 Å². The van der Waals surface area contributed by atoms with E-state index in [1.54, 1.807) is 25.3 Å². The zero-order chi connectivity index (χ0) is 35.3. The summed E-state index contributed by atoms with van der Waals surface area (Å²) in [6.45, 7) is 5.69. The average molecular weight is 679 g/mol. The zero-order valence-corrected chi connectivity index (χ0v) is 27.0. The topological polar surface area (TPSA) is 114 Å². The number of hydrogen-bond donors (Lipinski definition) is 2. The van der Waals surface area contributed by atoms with Gasteiger partial charge in [-0.1, -0.05) is 17.9 Å². The van der Waals surface area contributed by atoms with Gasteiger partial charge in [-0.2, -0.15) is 13.2 Å². The summed E-state index contributed by atoms with van der Waals surface area (Å²) in [6.07, 6.45) is -0.151. The van der Waals surface area contributed by atoms with Crippen molar-refractivity contribution in [2.75, 3.05) is 66.3 Å². The molecule has 0 unspecified atom stereocenters. The lowest BCUT2D eigenvalue weighted by Crippen LogP contribution is -2.48. The maximum Gasteiger partial charge on any atom is 0.416 e. The molecule has 0 radical (unpaired) electrons. The number of carbonyl (C=O) groups excluding carboxylic acids is 3. The van der Waals surface area contributed by atoms with E-state index in [4.69, 9.17) is 0 Å². The normalized spacial score (nSPS) is 16.7. The summed E-state index contributed by atoms with van der Waals surface area (Å²) in [7, 11) is 2.03. The number of aryl methyl sites for hydroxylation is 1. The smallest absolute Gasteiger partial charge is 0.352 e. The Kier molecular flexibility index (Phi) is 10.5. The van der Waals surface area contributed by atoms with Gasteiger partial charge in [0, 0.05) is 55.9 Å². The predicted molar refractivity (Wildman–Crippen MR) is 177 cm³/mol. The molecule has 5 rings (SSSR count). The first kappa shape index (κ1) is 34.8. The molecule has 49 heavy (non-hydrogen) atoms. The van der Waals surface area contributed by atoms with Gasteiger partial charge in [0.2, 0.25) is 5.91 Å². The molecule has 2 aliphatic rings. The number of aromatic nitrogens is 2. The second kappa shape index (κ2) is 14.7. The van der Waals surface area contributed by atoms with Gasteiger partial charge in [0.25, 0.3) is 5.91 Å². The van der Waals surface area contributed by atoms with Crippen LogP contribution in [-0.4, -0.2) is 85.1 Å². The van der Waals surface area contributed by atoms with E-state index in [0.29, 0.717) is 36.2 Å². The van der Waals surface area contributed by atoms with Crippen molar-refractivity contribution >= 4 is 40.9 Å². The third-order valence-electron chi connectivity index (χ3n) is 7.90. The molecule has 1 atom stereocenters. The molecule has 15 heteroatoms. The third kappa shape index (κ3) is 8.33. The Morgan fingerprint density at radius 1 is 1.12 bits per heavy atom. The molecule has 11 nitrogen and oxygen atoms in total. The number of urea groups is 1. The lowest BCUT2D eigenvalue weighted by molar-refractivity contribution is -0.137. The number of pyridine rings is 2. The Morgan fingerprint density at radius 3 is 2.51 bits per heavy atom. The summed E-state index contributed by atoms with van der Waals surface area (Å²) >= 11 is 0. The zero-order valence-electron chi connectivity index (χ0n) is 27.0. The molecule has 0 saturated carbocycles. The standard InChI is InChI=1S/C34H34F4N8O3/c1-4-6-30(47)42-27-18-23(20-39-31(27)44-15-13-43(3)14-16-44)7-5-12-45(26-10-8-25(35)9-11-26)32(48)28-21-40-33(49)46(28)29-19-24(34(36,37)38)17-22(2)41-29/h4,6,8-11,17-20,28H,12-16,21H2,1-3H3,(H,40,49)(H,42,47)/t28-/m0/s1. The highest BCUT2D eigenvalue weighted by Gasteiger charge is 2.41. The van der Waals surface area contributed by atoms with Crippen LogP contribution in [0.3, 0.4) is 0 Å². The summed E-state index contributed by atoms with van der Waals surface area (Å²) < 4.78 is 54.7. The van der Waals surface area contributed by atoms with E-state index in [-0.39, 0.29) is 36.2 Å². The number of benzene rings is 1. The largest absolute Gasteiger partial charge is 0.416 e. The third-order valence-corrected chi connectivity index (χ3v) is 7.90. The highest BCUT2D eigenvalue weighted by molar-refractivity contribution is 6.08. The van der Waals surface area contributed by atoms with E-state index < -0.39 is 35.5 Å². The molecule has 1 aromatic carbocycles. The number of halogens is 4. The number of piperazine rings is 1. The van der Waals surface area contributed by atoms with E-state index >= 15 is 0 Å². The number of likely N-dealkylation sites (N-methyl/N-ethyl adjacent to an activating group) is 1. The van der Waals surface area contributed by atoms with Gasteiger partial charge in [0.05, 0.1) is 17.8 Å². The molecular formula is C34H34F4N8O3. The summed E-state index contributed by atoms with van der Waals surface area (Å²) in [5, 5.41) is 5.36.